The van der Waals surface area contributed by atoms with Crippen LogP contribution in [0, 0.1) is 23.5 Å². The Morgan fingerprint density at radius 1 is 0.500 bits per heavy atom. The number of rotatable bonds is 6. The van der Waals surface area contributed by atoms with E-state index < -0.39 is 11.8 Å². The molecular weight excluding hydrogens is 590 g/mol. The molecule has 1 aliphatic carbocycles. The summed E-state index contributed by atoms with van der Waals surface area (Å²) in [6.07, 6.45) is 0. The van der Waals surface area contributed by atoms with Gasteiger partial charge in [0.05, 0.1) is 0 Å². The molecule has 36 heavy (non-hydrogen) atoms. The summed E-state index contributed by atoms with van der Waals surface area (Å²) in [4.78, 5) is 27.8. The first-order chi connectivity index (χ1) is 17.3. The fourth-order valence-electron chi connectivity index (χ4n) is 5.21. The first-order valence-corrected chi connectivity index (χ1v) is 13.0. The number of Topliss-reactive ketones (excluding diaryl/α,β-unsaturated/α-hetero) is 2. The van der Waals surface area contributed by atoms with Crippen LogP contribution in [0.15, 0.2) is 106 Å². The van der Waals surface area contributed by atoms with E-state index in [1.165, 1.54) is 24.3 Å². The molecule has 0 heterocycles. The summed E-state index contributed by atoms with van der Waals surface area (Å²) in [6.45, 7) is 0. The summed E-state index contributed by atoms with van der Waals surface area (Å²) >= 11 is 6.80. The molecule has 4 atom stereocenters. The molecule has 0 spiro atoms. The van der Waals surface area contributed by atoms with Gasteiger partial charge in [-0.15, -0.1) is 0 Å². The molecule has 0 saturated heterocycles. The van der Waals surface area contributed by atoms with Crippen molar-refractivity contribution >= 4 is 43.4 Å². The van der Waals surface area contributed by atoms with Crippen molar-refractivity contribution in [3.05, 3.63) is 140 Å². The van der Waals surface area contributed by atoms with Crippen LogP contribution in [0.25, 0.3) is 0 Å². The minimum absolute atomic E-state index is 0.148. The van der Waals surface area contributed by atoms with Gasteiger partial charge in [-0.1, -0.05) is 80.4 Å². The lowest BCUT2D eigenvalue weighted by atomic mass is 9.49. The normalized spacial score (nSPS) is 21.0. The molecule has 5 rings (SSSR count). The first-order valence-electron chi connectivity index (χ1n) is 11.4. The third-order valence-corrected chi connectivity index (χ3v) is 7.98. The zero-order valence-electron chi connectivity index (χ0n) is 18.9. The first kappa shape index (κ1) is 24.7. The third-order valence-electron chi connectivity index (χ3n) is 6.92. The Morgan fingerprint density at radius 2 is 0.806 bits per heavy atom. The van der Waals surface area contributed by atoms with Crippen molar-refractivity contribution in [3.63, 3.8) is 0 Å². The molecule has 4 aromatic rings. The highest BCUT2D eigenvalue weighted by Gasteiger charge is 2.57. The van der Waals surface area contributed by atoms with Crippen LogP contribution in [0.3, 0.4) is 0 Å². The Morgan fingerprint density at radius 3 is 1.11 bits per heavy atom. The van der Waals surface area contributed by atoms with Crippen LogP contribution >= 0.6 is 31.9 Å². The molecule has 0 radical (unpaired) electrons. The fraction of sp³-hybridized carbons (Fsp3) is 0.133. The van der Waals surface area contributed by atoms with Gasteiger partial charge in [0.1, 0.15) is 11.6 Å². The predicted octanol–water partition coefficient (Wildman–Crippen LogP) is 8.37. The van der Waals surface area contributed by atoms with Crippen molar-refractivity contribution in [1.82, 2.24) is 0 Å². The van der Waals surface area contributed by atoms with E-state index >= 15 is 0 Å². The van der Waals surface area contributed by atoms with Gasteiger partial charge in [0.15, 0.2) is 11.6 Å². The number of ketones is 2. The van der Waals surface area contributed by atoms with Crippen molar-refractivity contribution < 1.29 is 18.4 Å². The average molecular weight is 610 g/mol. The molecule has 0 bridgehead atoms. The lowest BCUT2D eigenvalue weighted by molar-refractivity contribution is 0.0456. The van der Waals surface area contributed by atoms with Gasteiger partial charge in [-0.05, 0) is 59.7 Å². The molecule has 0 N–H and O–H groups in total. The zero-order chi connectivity index (χ0) is 25.4. The molecule has 2 nitrogen and oxygen atoms in total. The maximum Gasteiger partial charge on any atom is 0.167 e. The monoisotopic (exact) mass is 608 g/mol. The number of benzene rings is 4. The standard InChI is InChI=1S/C30H20Br2F2O2/c31-21-9-1-19(2-10-21)29(35)27-25(17-5-13-23(33)14-6-17)26(18-7-15-24(34)16-8-18)28(27)30(36)20-3-11-22(32)12-4-20/h1-16,25-28H/t25-,26+,27+,28-. The van der Waals surface area contributed by atoms with Gasteiger partial charge in [0, 0.05) is 43.7 Å². The van der Waals surface area contributed by atoms with Gasteiger partial charge in [-0.2, -0.15) is 0 Å². The van der Waals surface area contributed by atoms with Crippen LogP contribution in [0.2, 0.25) is 0 Å². The van der Waals surface area contributed by atoms with Crippen molar-refractivity contribution in [2.24, 2.45) is 11.8 Å². The molecule has 0 unspecified atom stereocenters. The SMILES string of the molecule is O=C(c1ccc(Br)cc1)[C@@H]1[C@H](C(=O)c2ccc(Br)cc2)[C@@H](c2ccc(F)cc2)[C@H]1c1ccc(F)cc1. The topological polar surface area (TPSA) is 34.1 Å². The molecular formula is C30H20Br2F2O2. The Bertz CT molecular complexity index is 1290. The second-order valence-corrected chi connectivity index (χ2v) is 10.8. The van der Waals surface area contributed by atoms with Crippen molar-refractivity contribution in [3.8, 4) is 0 Å². The quantitative estimate of drug-likeness (QED) is 0.206. The number of hydrogen-bond donors (Lipinski definition) is 0. The van der Waals surface area contributed by atoms with E-state index in [9.17, 15) is 18.4 Å². The smallest absolute Gasteiger partial charge is 0.167 e. The minimum atomic E-state index is -0.664. The molecule has 1 saturated carbocycles. The van der Waals surface area contributed by atoms with Gasteiger partial charge in [-0.3, -0.25) is 9.59 Å². The van der Waals surface area contributed by atoms with E-state index in [1.807, 2.05) is 0 Å². The Kier molecular flexibility index (Phi) is 7.00. The Labute approximate surface area is 224 Å². The highest BCUT2D eigenvalue weighted by atomic mass is 79.9. The van der Waals surface area contributed by atoms with Gasteiger partial charge in [0.25, 0.3) is 0 Å². The molecule has 4 aromatic carbocycles. The molecule has 1 fully saturated rings. The van der Waals surface area contributed by atoms with Crippen LogP contribution < -0.4 is 0 Å². The van der Waals surface area contributed by atoms with E-state index in [1.54, 1.807) is 72.8 Å². The molecule has 6 heteroatoms. The van der Waals surface area contributed by atoms with Crippen molar-refractivity contribution in [2.75, 3.05) is 0 Å². The molecule has 0 aliphatic heterocycles. The maximum atomic E-state index is 13.9. The van der Waals surface area contributed by atoms with E-state index in [0.717, 1.165) is 20.1 Å². The number of carbonyl (C=O) groups excluding carboxylic acids is 2. The number of carbonyl (C=O) groups is 2. The lowest BCUT2D eigenvalue weighted by Crippen LogP contribution is -2.51. The molecule has 180 valence electrons. The van der Waals surface area contributed by atoms with Crippen LogP contribution in [0.5, 0.6) is 0 Å². The number of hydrogen-bond acceptors (Lipinski definition) is 2. The van der Waals surface area contributed by atoms with Gasteiger partial charge in [0.2, 0.25) is 0 Å². The van der Waals surface area contributed by atoms with Crippen LogP contribution in [0.4, 0.5) is 8.78 Å². The number of halogens is 4. The van der Waals surface area contributed by atoms with Crippen molar-refractivity contribution in [2.45, 2.75) is 11.8 Å². The largest absolute Gasteiger partial charge is 0.294 e. The summed E-state index contributed by atoms with van der Waals surface area (Å²) in [5, 5.41) is 0. The predicted molar refractivity (Wildman–Crippen MR) is 142 cm³/mol. The summed E-state index contributed by atoms with van der Waals surface area (Å²) in [6, 6.07) is 26.2. The lowest BCUT2D eigenvalue weighted by Gasteiger charge is -2.51. The summed E-state index contributed by atoms with van der Waals surface area (Å²) in [5.74, 6) is -3.14. The fourth-order valence-corrected chi connectivity index (χ4v) is 5.74. The van der Waals surface area contributed by atoms with E-state index in [2.05, 4.69) is 31.9 Å². The second kappa shape index (κ2) is 10.2. The summed E-state index contributed by atoms with van der Waals surface area (Å²) < 4.78 is 29.2. The Hall–Kier alpha value is -2.96. The molecule has 0 amide bonds. The van der Waals surface area contributed by atoms with Gasteiger partial charge in [-0.25, -0.2) is 8.78 Å². The zero-order valence-corrected chi connectivity index (χ0v) is 22.0. The Balaban J connectivity index is 1.64. The average Bonchev–Trinajstić information content (AvgIpc) is 2.86. The highest BCUT2D eigenvalue weighted by molar-refractivity contribution is 9.10. The molecule has 1 aliphatic rings. The van der Waals surface area contributed by atoms with E-state index in [4.69, 9.17) is 0 Å². The van der Waals surface area contributed by atoms with Crippen LogP contribution in [-0.2, 0) is 0 Å². The van der Waals surface area contributed by atoms with Crippen LogP contribution in [0.1, 0.15) is 43.7 Å². The van der Waals surface area contributed by atoms with Gasteiger partial charge >= 0.3 is 0 Å². The van der Waals surface area contributed by atoms with Crippen molar-refractivity contribution in [1.29, 1.82) is 0 Å². The molecule has 0 aromatic heterocycles. The maximum absolute atomic E-state index is 13.9. The second-order valence-electron chi connectivity index (χ2n) is 8.95. The van der Waals surface area contributed by atoms with Gasteiger partial charge < -0.3 is 0 Å². The minimum Gasteiger partial charge on any atom is -0.294 e. The summed E-state index contributed by atoms with van der Waals surface area (Å²) in [5.41, 5.74) is 2.53. The van der Waals surface area contributed by atoms with E-state index in [-0.39, 0.29) is 35.0 Å². The van der Waals surface area contributed by atoms with E-state index in [0.29, 0.717) is 11.1 Å². The summed E-state index contributed by atoms with van der Waals surface area (Å²) in [7, 11) is 0. The highest BCUT2D eigenvalue weighted by Crippen LogP contribution is 2.59. The third kappa shape index (κ3) is 4.72. The van der Waals surface area contributed by atoms with Crippen LogP contribution in [-0.4, -0.2) is 11.6 Å².